The monoisotopic (exact) mass is 350 g/mol. The summed E-state index contributed by atoms with van der Waals surface area (Å²) in [5.74, 6) is -0.886. The van der Waals surface area contributed by atoms with Crippen LogP contribution in [-0.2, 0) is 0 Å². The number of phenols is 1. The number of aromatic hydroxyl groups is 1. The Hall–Kier alpha value is -2.41. The minimum Gasteiger partial charge on any atom is -0.505 e. The fraction of sp³-hybridized carbons (Fsp3) is 0.0714. The zero-order valence-corrected chi connectivity index (χ0v) is 12.5. The summed E-state index contributed by atoms with van der Waals surface area (Å²) in [5.41, 5.74) is 0.499. The highest BCUT2D eigenvalue weighted by molar-refractivity contribution is 9.10. The number of aryl methyl sites for hydroxylation is 1. The first-order valence-electron chi connectivity index (χ1n) is 5.94. The van der Waals surface area contributed by atoms with Crippen molar-refractivity contribution in [3.8, 4) is 5.75 Å². The van der Waals surface area contributed by atoms with Gasteiger partial charge in [-0.25, -0.2) is 0 Å². The molecule has 0 aliphatic carbocycles. The molecule has 2 rings (SSSR count). The van der Waals surface area contributed by atoms with Gasteiger partial charge in [0.1, 0.15) is 5.75 Å². The fourth-order valence-electron chi connectivity index (χ4n) is 1.83. The van der Waals surface area contributed by atoms with E-state index in [1.165, 1.54) is 18.2 Å². The molecule has 0 saturated carbocycles. The van der Waals surface area contributed by atoms with E-state index in [-0.39, 0.29) is 17.1 Å². The molecule has 108 valence electrons. The molecule has 0 atom stereocenters. The molecule has 0 unspecified atom stereocenters. The van der Waals surface area contributed by atoms with E-state index in [4.69, 9.17) is 0 Å². The van der Waals surface area contributed by atoms with Crippen molar-refractivity contribution in [3.63, 3.8) is 0 Å². The third-order valence-electron chi connectivity index (χ3n) is 2.90. The standard InChI is InChI=1S/C14H11BrN2O4/c1-8-5-6-9(15)7-10(8)14(19)16-13-11(17(20)21)3-2-4-12(13)18/h2-7,18H,1H3,(H,16,19). The van der Waals surface area contributed by atoms with Gasteiger partial charge >= 0.3 is 0 Å². The third-order valence-corrected chi connectivity index (χ3v) is 3.39. The maximum atomic E-state index is 12.2. The molecule has 2 aromatic rings. The van der Waals surface area contributed by atoms with Gasteiger partial charge in [0.15, 0.2) is 5.69 Å². The Morgan fingerprint density at radius 2 is 2.05 bits per heavy atom. The van der Waals surface area contributed by atoms with Gasteiger partial charge in [-0.2, -0.15) is 0 Å². The van der Waals surface area contributed by atoms with E-state index in [0.717, 1.165) is 0 Å². The van der Waals surface area contributed by atoms with Crippen molar-refractivity contribution in [2.24, 2.45) is 0 Å². The number of phenolic OH excluding ortho intramolecular Hbond substituents is 1. The van der Waals surface area contributed by atoms with E-state index in [2.05, 4.69) is 21.2 Å². The van der Waals surface area contributed by atoms with Crippen molar-refractivity contribution in [2.45, 2.75) is 6.92 Å². The zero-order chi connectivity index (χ0) is 15.6. The number of carbonyl (C=O) groups is 1. The number of halogens is 1. The number of hydrogen-bond acceptors (Lipinski definition) is 4. The Kier molecular flexibility index (Phi) is 4.23. The van der Waals surface area contributed by atoms with Gasteiger partial charge in [0.2, 0.25) is 0 Å². The molecule has 0 heterocycles. The number of benzene rings is 2. The molecule has 0 aliphatic heterocycles. The fourth-order valence-corrected chi connectivity index (χ4v) is 2.19. The number of para-hydroxylation sites is 1. The van der Waals surface area contributed by atoms with E-state index >= 15 is 0 Å². The molecule has 1 amide bonds. The van der Waals surface area contributed by atoms with Crippen LogP contribution in [0.1, 0.15) is 15.9 Å². The first-order chi connectivity index (χ1) is 9.90. The highest BCUT2D eigenvalue weighted by Gasteiger charge is 2.20. The Bertz CT molecular complexity index is 731. The molecule has 0 radical (unpaired) electrons. The van der Waals surface area contributed by atoms with Gasteiger partial charge in [-0.05, 0) is 30.7 Å². The Morgan fingerprint density at radius 3 is 2.71 bits per heavy atom. The van der Waals surface area contributed by atoms with Gasteiger partial charge in [0.25, 0.3) is 11.6 Å². The minimum absolute atomic E-state index is 0.216. The second kappa shape index (κ2) is 5.92. The van der Waals surface area contributed by atoms with E-state index in [1.807, 2.05) is 0 Å². The average molecular weight is 351 g/mol. The first-order valence-corrected chi connectivity index (χ1v) is 6.73. The molecule has 6 nitrogen and oxygen atoms in total. The molecule has 0 spiro atoms. The van der Waals surface area contributed by atoms with Crippen LogP contribution >= 0.6 is 15.9 Å². The number of nitrogens with zero attached hydrogens (tertiary/aromatic N) is 1. The second-order valence-electron chi connectivity index (χ2n) is 4.34. The quantitative estimate of drug-likeness (QED) is 0.502. The van der Waals surface area contributed by atoms with Gasteiger partial charge in [-0.15, -0.1) is 0 Å². The minimum atomic E-state index is -0.664. The van der Waals surface area contributed by atoms with Crippen LogP contribution in [0.4, 0.5) is 11.4 Å². The van der Waals surface area contributed by atoms with Crippen molar-refractivity contribution in [3.05, 3.63) is 62.1 Å². The highest BCUT2D eigenvalue weighted by Crippen LogP contribution is 2.33. The molecule has 7 heteroatoms. The summed E-state index contributed by atoms with van der Waals surface area (Å²) < 4.78 is 0.713. The molecule has 0 fully saturated rings. The van der Waals surface area contributed by atoms with Crippen molar-refractivity contribution in [2.75, 3.05) is 5.32 Å². The lowest BCUT2D eigenvalue weighted by Crippen LogP contribution is -2.14. The molecular formula is C14H11BrN2O4. The SMILES string of the molecule is Cc1ccc(Br)cc1C(=O)Nc1c(O)cccc1[N+](=O)[O-]. The van der Waals surface area contributed by atoms with Crippen molar-refractivity contribution in [1.82, 2.24) is 0 Å². The number of rotatable bonds is 3. The molecule has 0 aliphatic rings. The van der Waals surface area contributed by atoms with Gasteiger partial charge in [0, 0.05) is 16.1 Å². The maximum Gasteiger partial charge on any atom is 0.296 e. The van der Waals surface area contributed by atoms with Crippen molar-refractivity contribution < 1.29 is 14.8 Å². The largest absolute Gasteiger partial charge is 0.505 e. The molecule has 0 bridgehead atoms. The van der Waals surface area contributed by atoms with Gasteiger partial charge in [-0.1, -0.05) is 28.1 Å². The van der Waals surface area contributed by atoms with Crippen molar-refractivity contribution >= 4 is 33.2 Å². The molecule has 21 heavy (non-hydrogen) atoms. The summed E-state index contributed by atoms with van der Waals surface area (Å²) in [6, 6.07) is 8.97. The topological polar surface area (TPSA) is 92.5 Å². The number of carbonyl (C=O) groups excluding carboxylic acids is 1. The number of nitro benzene ring substituents is 1. The summed E-state index contributed by atoms with van der Waals surface area (Å²) in [4.78, 5) is 22.5. The zero-order valence-electron chi connectivity index (χ0n) is 11.0. The summed E-state index contributed by atoms with van der Waals surface area (Å²) in [6.45, 7) is 1.75. The van der Waals surface area contributed by atoms with E-state index in [0.29, 0.717) is 15.6 Å². The Labute approximate surface area is 128 Å². The van der Waals surface area contributed by atoms with Crippen LogP contribution in [0, 0.1) is 17.0 Å². The molecule has 2 N–H and O–H groups in total. The van der Waals surface area contributed by atoms with E-state index in [1.54, 1.807) is 25.1 Å². The predicted octanol–water partition coefficient (Wildman–Crippen LogP) is 3.62. The van der Waals surface area contributed by atoms with Gasteiger partial charge in [0.05, 0.1) is 4.92 Å². The number of hydrogen-bond donors (Lipinski definition) is 2. The van der Waals surface area contributed by atoms with Gasteiger partial charge < -0.3 is 10.4 Å². The van der Waals surface area contributed by atoms with Crippen LogP contribution in [0.3, 0.4) is 0 Å². The molecule has 0 aromatic heterocycles. The average Bonchev–Trinajstić information content (AvgIpc) is 2.43. The van der Waals surface area contributed by atoms with Crippen LogP contribution in [0.2, 0.25) is 0 Å². The second-order valence-corrected chi connectivity index (χ2v) is 5.26. The Balaban J connectivity index is 2.41. The maximum absolute atomic E-state index is 12.2. The van der Waals surface area contributed by atoms with Crippen LogP contribution in [0.15, 0.2) is 40.9 Å². The number of anilines is 1. The van der Waals surface area contributed by atoms with Crippen LogP contribution in [0.25, 0.3) is 0 Å². The molecule has 2 aromatic carbocycles. The summed E-state index contributed by atoms with van der Waals surface area (Å²) in [7, 11) is 0. The van der Waals surface area contributed by atoms with Crippen LogP contribution < -0.4 is 5.32 Å². The summed E-state index contributed by atoms with van der Waals surface area (Å²) in [5, 5.41) is 23.1. The smallest absolute Gasteiger partial charge is 0.296 e. The predicted molar refractivity (Wildman–Crippen MR) is 81.6 cm³/mol. The molecular weight excluding hydrogens is 340 g/mol. The van der Waals surface area contributed by atoms with E-state index in [9.17, 15) is 20.0 Å². The number of nitrogens with one attached hydrogen (secondary N) is 1. The molecule has 0 saturated heterocycles. The number of nitro groups is 1. The van der Waals surface area contributed by atoms with Crippen LogP contribution in [0.5, 0.6) is 5.75 Å². The lowest BCUT2D eigenvalue weighted by molar-refractivity contribution is -0.384. The van der Waals surface area contributed by atoms with Crippen LogP contribution in [-0.4, -0.2) is 15.9 Å². The highest BCUT2D eigenvalue weighted by atomic mass is 79.9. The summed E-state index contributed by atoms with van der Waals surface area (Å²) in [6.07, 6.45) is 0. The first kappa shape index (κ1) is 15.0. The number of amides is 1. The van der Waals surface area contributed by atoms with E-state index < -0.39 is 10.8 Å². The lowest BCUT2D eigenvalue weighted by Gasteiger charge is -2.10. The third kappa shape index (κ3) is 3.19. The summed E-state index contributed by atoms with van der Waals surface area (Å²) >= 11 is 3.26. The van der Waals surface area contributed by atoms with Gasteiger partial charge in [-0.3, -0.25) is 14.9 Å². The lowest BCUT2D eigenvalue weighted by atomic mass is 10.1. The van der Waals surface area contributed by atoms with Crippen molar-refractivity contribution in [1.29, 1.82) is 0 Å². The normalized spacial score (nSPS) is 10.2. The Morgan fingerprint density at radius 1 is 1.33 bits per heavy atom.